The van der Waals surface area contributed by atoms with Crippen molar-refractivity contribution < 1.29 is 8.78 Å². The molecule has 0 atom stereocenters. The number of hydrogen-bond donors (Lipinski definition) is 0. The first-order chi connectivity index (χ1) is 5.59. The van der Waals surface area contributed by atoms with Crippen LogP contribution in [0.1, 0.15) is 25.3 Å². The van der Waals surface area contributed by atoms with Crippen LogP contribution in [0.5, 0.6) is 0 Å². The van der Waals surface area contributed by atoms with Gasteiger partial charge in [0.2, 0.25) is 0 Å². The summed E-state index contributed by atoms with van der Waals surface area (Å²) in [5.41, 5.74) is 0.951. The molecule has 0 saturated carbocycles. The molecule has 0 bridgehead atoms. The summed E-state index contributed by atoms with van der Waals surface area (Å²) in [7, 11) is 0. The van der Waals surface area contributed by atoms with E-state index in [1.54, 1.807) is 12.4 Å². The number of nitrogens with zero attached hydrogens (tertiary/aromatic N) is 2. The Bertz CT molecular complexity index is 285. The number of halogens is 2. The highest BCUT2D eigenvalue weighted by molar-refractivity contribution is 5.23. The zero-order valence-electron chi connectivity index (χ0n) is 6.96. The Kier molecular flexibility index (Phi) is 2.58. The zero-order valence-corrected chi connectivity index (χ0v) is 6.96. The van der Waals surface area contributed by atoms with Crippen molar-refractivity contribution in [2.45, 2.75) is 19.8 Å². The molecule has 0 aliphatic carbocycles. The molecule has 1 heterocycles. The highest BCUT2D eigenvalue weighted by Crippen LogP contribution is 2.12. The van der Waals surface area contributed by atoms with Gasteiger partial charge in [-0.1, -0.05) is 13.8 Å². The Morgan fingerprint density at radius 1 is 1.58 bits per heavy atom. The van der Waals surface area contributed by atoms with Gasteiger partial charge in [-0.2, -0.15) is 13.9 Å². The monoisotopic (exact) mass is 172 g/mol. The highest BCUT2D eigenvalue weighted by Gasteiger charge is 2.01. The summed E-state index contributed by atoms with van der Waals surface area (Å²) >= 11 is 0. The fourth-order valence-electron chi connectivity index (χ4n) is 0.821. The van der Waals surface area contributed by atoms with Crippen molar-refractivity contribution in [3.8, 4) is 0 Å². The molecule has 0 unspecified atom stereocenters. The van der Waals surface area contributed by atoms with E-state index in [1.807, 2.05) is 13.8 Å². The summed E-state index contributed by atoms with van der Waals surface area (Å²) in [6.45, 7) is 3.97. The van der Waals surface area contributed by atoms with Crippen LogP contribution in [-0.2, 0) is 0 Å². The molecule has 1 aromatic rings. The fourth-order valence-corrected chi connectivity index (χ4v) is 0.821. The van der Waals surface area contributed by atoms with Crippen molar-refractivity contribution in [3.63, 3.8) is 0 Å². The lowest BCUT2D eigenvalue weighted by atomic mass is 10.1. The van der Waals surface area contributed by atoms with Crippen molar-refractivity contribution in [3.05, 3.63) is 24.0 Å². The average molecular weight is 172 g/mol. The molecule has 0 N–H and O–H groups in total. The second-order valence-electron chi connectivity index (χ2n) is 2.83. The van der Waals surface area contributed by atoms with Gasteiger partial charge in [0, 0.05) is 6.20 Å². The van der Waals surface area contributed by atoms with Crippen molar-refractivity contribution in [2.75, 3.05) is 0 Å². The van der Waals surface area contributed by atoms with Crippen LogP contribution < -0.4 is 0 Å². The van der Waals surface area contributed by atoms with E-state index in [0.29, 0.717) is 12.1 Å². The van der Waals surface area contributed by atoms with Crippen LogP contribution in [0.2, 0.25) is 0 Å². The van der Waals surface area contributed by atoms with Gasteiger partial charge in [-0.15, -0.1) is 0 Å². The van der Waals surface area contributed by atoms with Crippen LogP contribution in [0.4, 0.5) is 8.78 Å². The second kappa shape index (κ2) is 3.47. The molecule has 12 heavy (non-hydrogen) atoms. The maximum atomic E-state index is 11.7. The average Bonchev–Trinajstić information content (AvgIpc) is 2.34. The van der Waals surface area contributed by atoms with E-state index < -0.39 is 6.08 Å². The van der Waals surface area contributed by atoms with E-state index in [9.17, 15) is 8.78 Å². The van der Waals surface area contributed by atoms with Gasteiger partial charge in [0.05, 0.1) is 12.4 Å². The second-order valence-corrected chi connectivity index (χ2v) is 2.83. The fraction of sp³-hybridized carbons (Fsp3) is 0.375. The van der Waals surface area contributed by atoms with E-state index in [-0.39, 0.29) is 0 Å². The summed E-state index contributed by atoms with van der Waals surface area (Å²) in [4.78, 5) is 0. The van der Waals surface area contributed by atoms with Gasteiger partial charge in [0.1, 0.15) is 0 Å². The summed E-state index contributed by atoms with van der Waals surface area (Å²) < 4.78 is 24.6. The summed E-state index contributed by atoms with van der Waals surface area (Å²) in [6, 6.07) is 0. The number of hydrogen-bond acceptors (Lipinski definition) is 1. The zero-order chi connectivity index (χ0) is 9.14. The first kappa shape index (κ1) is 8.90. The van der Waals surface area contributed by atoms with Crippen LogP contribution in [0.25, 0.3) is 6.20 Å². The molecule has 0 aliphatic rings. The third-order valence-corrected chi connectivity index (χ3v) is 1.52. The third-order valence-electron chi connectivity index (χ3n) is 1.52. The van der Waals surface area contributed by atoms with E-state index in [1.165, 1.54) is 0 Å². The van der Waals surface area contributed by atoms with Gasteiger partial charge in [-0.05, 0) is 11.5 Å². The molecule has 0 saturated heterocycles. The summed E-state index contributed by atoms with van der Waals surface area (Å²) in [5.74, 6) is 0.315. The minimum atomic E-state index is -1.74. The van der Waals surface area contributed by atoms with Gasteiger partial charge in [0.15, 0.2) is 0 Å². The predicted octanol–water partition coefficient (Wildman–Crippen LogP) is 2.70. The maximum absolute atomic E-state index is 11.7. The van der Waals surface area contributed by atoms with Crippen molar-refractivity contribution in [1.29, 1.82) is 0 Å². The van der Waals surface area contributed by atoms with Crippen LogP contribution in [0.3, 0.4) is 0 Å². The maximum Gasteiger partial charge on any atom is 0.288 e. The molecule has 0 amide bonds. The van der Waals surface area contributed by atoms with Crippen LogP contribution in [0, 0.1) is 0 Å². The molecule has 66 valence electrons. The molecule has 1 aromatic heterocycles. The molecular weight excluding hydrogens is 162 g/mol. The molecule has 0 spiro atoms. The molecule has 0 radical (unpaired) electrons. The predicted molar refractivity (Wildman–Crippen MR) is 42.8 cm³/mol. The molecule has 4 heteroatoms. The molecule has 2 nitrogen and oxygen atoms in total. The summed E-state index contributed by atoms with van der Waals surface area (Å²) in [5, 5.41) is 3.74. The highest BCUT2D eigenvalue weighted by atomic mass is 19.3. The lowest BCUT2D eigenvalue weighted by Gasteiger charge is -1.96. The minimum Gasteiger partial charge on any atom is -0.243 e. The molecular formula is C8H10F2N2. The largest absolute Gasteiger partial charge is 0.288 e. The van der Waals surface area contributed by atoms with E-state index in [4.69, 9.17) is 0 Å². The Morgan fingerprint density at radius 2 is 2.25 bits per heavy atom. The normalized spacial score (nSPS) is 10.4. The van der Waals surface area contributed by atoms with E-state index >= 15 is 0 Å². The molecule has 1 rings (SSSR count). The third kappa shape index (κ3) is 2.15. The number of aromatic nitrogens is 2. The Labute approximate surface area is 69.5 Å². The SMILES string of the molecule is CC(C)c1cnn(C=C(F)F)c1. The van der Waals surface area contributed by atoms with E-state index in [0.717, 1.165) is 10.2 Å². The van der Waals surface area contributed by atoms with Crippen LogP contribution in [0.15, 0.2) is 18.5 Å². The van der Waals surface area contributed by atoms with Gasteiger partial charge < -0.3 is 0 Å². The summed E-state index contributed by atoms with van der Waals surface area (Å²) in [6.07, 6.45) is 2.12. The quantitative estimate of drug-likeness (QED) is 0.670. The Morgan fingerprint density at radius 3 is 2.67 bits per heavy atom. The first-order valence-electron chi connectivity index (χ1n) is 3.66. The van der Waals surface area contributed by atoms with Gasteiger partial charge in [-0.25, -0.2) is 4.68 Å². The minimum absolute atomic E-state index is 0.315. The topological polar surface area (TPSA) is 17.8 Å². The van der Waals surface area contributed by atoms with Gasteiger partial charge in [0.25, 0.3) is 6.08 Å². The lowest BCUT2D eigenvalue weighted by Crippen LogP contribution is -1.86. The number of rotatable bonds is 2. The van der Waals surface area contributed by atoms with Crippen molar-refractivity contribution in [1.82, 2.24) is 9.78 Å². The standard InChI is InChI=1S/C8H10F2N2/c1-6(2)7-3-11-12(4-7)5-8(9)10/h3-6H,1-2H3. The Hall–Kier alpha value is -1.19. The van der Waals surface area contributed by atoms with Crippen LogP contribution in [-0.4, -0.2) is 9.78 Å². The van der Waals surface area contributed by atoms with Crippen molar-refractivity contribution >= 4 is 6.20 Å². The first-order valence-corrected chi connectivity index (χ1v) is 3.66. The lowest BCUT2D eigenvalue weighted by molar-refractivity contribution is 0.425. The Balaban J connectivity index is 2.85. The van der Waals surface area contributed by atoms with Gasteiger partial charge >= 0.3 is 0 Å². The molecule has 0 aliphatic heterocycles. The smallest absolute Gasteiger partial charge is 0.243 e. The van der Waals surface area contributed by atoms with E-state index in [2.05, 4.69) is 5.10 Å². The van der Waals surface area contributed by atoms with Crippen LogP contribution >= 0.6 is 0 Å². The van der Waals surface area contributed by atoms with Crippen molar-refractivity contribution in [2.24, 2.45) is 0 Å². The molecule has 0 aromatic carbocycles. The molecule has 0 fully saturated rings. The van der Waals surface area contributed by atoms with Gasteiger partial charge in [-0.3, -0.25) is 0 Å².